The third kappa shape index (κ3) is 5.78. The molecule has 1 N–H and O–H groups in total. The molecule has 1 aliphatic heterocycles. The van der Waals surface area contributed by atoms with Gasteiger partial charge in [0.1, 0.15) is 11.1 Å². The van der Waals surface area contributed by atoms with Gasteiger partial charge in [0, 0.05) is 42.6 Å². The second kappa shape index (κ2) is 10.1. The van der Waals surface area contributed by atoms with Gasteiger partial charge in [0.05, 0.1) is 12.1 Å². The molecule has 5 nitrogen and oxygen atoms in total. The predicted octanol–water partition coefficient (Wildman–Crippen LogP) is 5.18. The number of halogens is 1. The first-order valence-corrected chi connectivity index (χ1v) is 13.0. The van der Waals surface area contributed by atoms with Gasteiger partial charge in [-0.05, 0) is 47.8 Å². The highest BCUT2D eigenvalue weighted by molar-refractivity contribution is 7.16. The molecule has 7 heteroatoms. The van der Waals surface area contributed by atoms with Crippen LogP contribution in [-0.4, -0.2) is 48.4 Å². The van der Waals surface area contributed by atoms with Crippen LogP contribution in [0.15, 0.2) is 24.3 Å². The van der Waals surface area contributed by atoms with Gasteiger partial charge < -0.3 is 5.32 Å². The van der Waals surface area contributed by atoms with Crippen molar-refractivity contribution in [1.82, 2.24) is 9.80 Å². The summed E-state index contributed by atoms with van der Waals surface area (Å²) in [7, 11) is 0. The topological polar surface area (TPSA) is 59.4 Å². The van der Waals surface area contributed by atoms with Crippen LogP contribution in [0.1, 0.15) is 48.8 Å². The molecular weight excluding hydrogens is 452 g/mol. The summed E-state index contributed by atoms with van der Waals surface area (Å²) in [4.78, 5) is 18.7. The molecule has 2 aromatic rings. The molecule has 2 aliphatic rings. The molecule has 0 saturated carbocycles. The fourth-order valence-electron chi connectivity index (χ4n) is 4.87. The van der Waals surface area contributed by atoms with Crippen LogP contribution in [0.2, 0.25) is 5.02 Å². The van der Waals surface area contributed by atoms with Crippen LogP contribution in [0.25, 0.3) is 0 Å². The third-order valence-corrected chi connectivity index (χ3v) is 8.58. The van der Waals surface area contributed by atoms with E-state index in [1.165, 1.54) is 4.88 Å². The van der Waals surface area contributed by atoms with Crippen LogP contribution in [0, 0.1) is 22.7 Å². The number of fused-ring (bicyclic) bond motifs is 1. The van der Waals surface area contributed by atoms with Gasteiger partial charge in [-0.2, -0.15) is 5.26 Å². The Labute approximate surface area is 206 Å². The molecule has 1 unspecified atom stereocenters. The lowest BCUT2D eigenvalue weighted by Gasteiger charge is -2.34. The van der Waals surface area contributed by atoms with Gasteiger partial charge >= 0.3 is 0 Å². The third-order valence-electron chi connectivity index (χ3n) is 7.04. The number of thiophene rings is 1. The van der Waals surface area contributed by atoms with Gasteiger partial charge in [0.2, 0.25) is 5.91 Å². The molecular formula is C26H33ClN4OS. The number of carbonyl (C=O) groups excluding carboxylic acids is 1. The van der Waals surface area contributed by atoms with E-state index < -0.39 is 0 Å². The van der Waals surface area contributed by atoms with E-state index in [0.29, 0.717) is 18.0 Å². The molecule has 1 amide bonds. The lowest BCUT2D eigenvalue weighted by Crippen LogP contribution is -2.48. The second-order valence-electron chi connectivity index (χ2n) is 10.3. The highest BCUT2D eigenvalue weighted by Crippen LogP contribution is 2.44. The average molecular weight is 485 g/mol. The van der Waals surface area contributed by atoms with Crippen molar-refractivity contribution in [1.29, 1.82) is 5.26 Å². The minimum Gasteiger partial charge on any atom is -0.315 e. The molecule has 1 aliphatic carbocycles. The first-order valence-electron chi connectivity index (χ1n) is 11.8. The number of rotatable bonds is 5. The zero-order valence-electron chi connectivity index (χ0n) is 19.8. The molecule has 176 valence electrons. The fourth-order valence-corrected chi connectivity index (χ4v) is 6.36. The molecule has 1 atom stereocenters. The summed E-state index contributed by atoms with van der Waals surface area (Å²) in [6, 6.07) is 10.3. The van der Waals surface area contributed by atoms with Crippen LogP contribution in [0.5, 0.6) is 0 Å². The van der Waals surface area contributed by atoms with E-state index in [1.54, 1.807) is 11.3 Å². The summed E-state index contributed by atoms with van der Waals surface area (Å²) in [6.45, 7) is 11.6. The maximum atomic E-state index is 12.8. The monoisotopic (exact) mass is 484 g/mol. The van der Waals surface area contributed by atoms with Gasteiger partial charge in [-0.25, -0.2) is 0 Å². The number of hydrogen-bond donors (Lipinski definition) is 1. The number of nitrogens with one attached hydrogen (secondary N) is 1. The molecule has 1 aromatic carbocycles. The summed E-state index contributed by atoms with van der Waals surface area (Å²) in [5.41, 5.74) is 3.24. The quantitative estimate of drug-likeness (QED) is 0.635. The summed E-state index contributed by atoms with van der Waals surface area (Å²) in [6.07, 6.45) is 3.04. The van der Waals surface area contributed by atoms with E-state index in [0.717, 1.165) is 73.1 Å². The van der Waals surface area contributed by atoms with Crippen LogP contribution >= 0.6 is 22.9 Å². The molecule has 0 bridgehead atoms. The lowest BCUT2D eigenvalue weighted by atomic mass is 9.72. The maximum absolute atomic E-state index is 12.8. The van der Waals surface area contributed by atoms with E-state index in [1.807, 2.05) is 18.2 Å². The van der Waals surface area contributed by atoms with E-state index in [9.17, 15) is 10.1 Å². The van der Waals surface area contributed by atoms with E-state index in [-0.39, 0.29) is 11.3 Å². The molecule has 0 spiro atoms. The van der Waals surface area contributed by atoms with Crippen molar-refractivity contribution < 1.29 is 4.79 Å². The molecule has 0 radical (unpaired) electrons. The van der Waals surface area contributed by atoms with Crippen LogP contribution in [-0.2, 0) is 24.2 Å². The van der Waals surface area contributed by atoms with Gasteiger partial charge in [-0.15, -0.1) is 11.3 Å². The Morgan fingerprint density at radius 3 is 2.58 bits per heavy atom. The Hall–Kier alpha value is -1.91. The zero-order chi connectivity index (χ0) is 23.6. The Balaban J connectivity index is 1.31. The number of nitriles is 1. The number of amides is 1. The number of nitrogens with zero attached hydrogens (tertiary/aromatic N) is 3. The highest BCUT2D eigenvalue weighted by atomic mass is 35.5. The molecule has 2 heterocycles. The standard InChI is InChI=1S/C26H33ClN4OS/c1-26(2,3)19-8-9-20-21(15-28)25(33-23(20)14-19)29-24(32)17-31-12-10-30(11-13-31)16-18-6-4-5-7-22(18)27/h4-7,19H,8-14,16-17H2,1-3H3,(H,29,32). The Kier molecular flexibility index (Phi) is 7.45. The van der Waals surface area contributed by atoms with Gasteiger partial charge in [-0.1, -0.05) is 50.6 Å². The molecule has 33 heavy (non-hydrogen) atoms. The summed E-state index contributed by atoms with van der Waals surface area (Å²) in [5, 5.41) is 14.4. The number of piperazine rings is 1. The number of carbonyl (C=O) groups is 1. The minimum atomic E-state index is -0.0305. The fraction of sp³-hybridized carbons (Fsp3) is 0.538. The van der Waals surface area contributed by atoms with Crippen molar-refractivity contribution >= 4 is 33.8 Å². The van der Waals surface area contributed by atoms with Crippen molar-refractivity contribution in [2.75, 3.05) is 38.0 Å². The van der Waals surface area contributed by atoms with E-state index >= 15 is 0 Å². The first kappa shape index (κ1) is 24.2. The van der Waals surface area contributed by atoms with Crippen molar-refractivity contribution in [2.45, 2.75) is 46.6 Å². The normalized spacial score (nSPS) is 19.7. The van der Waals surface area contributed by atoms with E-state index in [2.05, 4.69) is 48.0 Å². The van der Waals surface area contributed by atoms with Crippen LogP contribution < -0.4 is 5.32 Å². The molecule has 1 fully saturated rings. The van der Waals surface area contributed by atoms with Crippen molar-refractivity contribution in [2.24, 2.45) is 11.3 Å². The van der Waals surface area contributed by atoms with Crippen molar-refractivity contribution in [3.05, 3.63) is 50.9 Å². The summed E-state index contributed by atoms with van der Waals surface area (Å²) < 4.78 is 0. The summed E-state index contributed by atoms with van der Waals surface area (Å²) in [5.74, 6) is 0.581. The van der Waals surface area contributed by atoms with E-state index in [4.69, 9.17) is 11.6 Å². The predicted molar refractivity (Wildman–Crippen MR) is 136 cm³/mol. The molecule has 4 rings (SSSR count). The van der Waals surface area contributed by atoms with Gasteiger partial charge in [-0.3, -0.25) is 14.6 Å². The highest BCUT2D eigenvalue weighted by Gasteiger charge is 2.32. The van der Waals surface area contributed by atoms with Gasteiger partial charge in [0.25, 0.3) is 0 Å². The Morgan fingerprint density at radius 2 is 1.91 bits per heavy atom. The Morgan fingerprint density at radius 1 is 1.21 bits per heavy atom. The van der Waals surface area contributed by atoms with Crippen LogP contribution in [0.3, 0.4) is 0 Å². The van der Waals surface area contributed by atoms with Crippen molar-refractivity contribution in [3.8, 4) is 6.07 Å². The maximum Gasteiger partial charge on any atom is 0.239 e. The second-order valence-corrected chi connectivity index (χ2v) is 11.8. The average Bonchev–Trinajstić information content (AvgIpc) is 3.12. The number of benzene rings is 1. The summed E-state index contributed by atoms with van der Waals surface area (Å²) >= 11 is 7.90. The lowest BCUT2D eigenvalue weighted by molar-refractivity contribution is -0.117. The largest absolute Gasteiger partial charge is 0.315 e. The zero-order valence-corrected chi connectivity index (χ0v) is 21.4. The van der Waals surface area contributed by atoms with Crippen LogP contribution in [0.4, 0.5) is 5.00 Å². The Bertz CT molecular complexity index is 1040. The minimum absolute atomic E-state index is 0.0305. The first-order chi connectivity index (χ1) is 15.7. The number of anilines is 1. The SMILES string of the molecule is CC(C)(C)C1CCc2c(sc(NC(=O)CN3CCN(Cc4ccccc4Cl)CC3)c2C#N)C1. The smallest absolute Gasteiger partial charge is 0.239 e. The van der Waals surface area contributed by atoms with Crippen molar-refractivity contribution in [3.63, 3.8) is 0 Å². The molecule has 1 aromatic heterocycles. The molecule has 1 saturated heterocycles. The number of hydrogen-bond acceptors (Lipinski definition) is 5. The van der Waals surface area contributed by atoms with Gasteiger partial charge in [0.15, 0.2) is 0 Å².